The van der Waals surface area contributed by atoms with Crippen molar-refractivity contribution in [1.82, 2.24) is 25.4 Å². The summed E-state index contributed by atoms with van der Waals surface area (Å²) < 4.78 is 5.20. The third kappa shape index (κ3) is 3.51. The molecule has 3 rings (SSSR count). The lowest BCUT2D eigenvalue weighted by Crippen LogP contribution is -2.27. The summed E-state index contributed by atoms with van der Waals surface area (Å²) >= 11 is 5.85. The number of aromatic nitrogens is 4. The molecule has 0 saturated heterocycles. The van der Waals surface area contributed by atoms with Gasteiger partial charge in [0.25, 0.3) is 5.91 Å². The van der Waals surface area contributed by atoms with Gasteiger partial charge < -0.3 is 9.84 Å². The van der Waals surface area contributed by atoms with Crippen molar-refractivity contribution in [3.63, 3.8) is 0 Å². The van der Waals surface area contributed by atoms with Gasteiger partial charge in [-0.3, -0.25) is 9.78 Å². The number of amides is 1. The third-order valence-corrected chi connectivity index (χ3v) is 3.31. The van der Waals surface area contributed by atoms with Crippen molar-refractivity contribution < 1.29 is 9.32 Å². The average Bonchev–Trinajstić information content (AvgIpc) is 3.06. The zero-order valence-electron chi connectivity index (χ0n) is 12.1. The van der Waals surface area contributed by atoms with Crippen LogP contribution >= 0.6 is 11.6 Å². The highest BCUT2D eigenvalue weighted by molar-refractivity contribution is 6.30. The molecule has 0 aliphatic carbocycles. The van der Waals surface area contributed by atoms with E-state index in [2.05, 4.69) is 25.4 Å². The van der Waals surface area contributed by atoms with Gasteiger partial charge in [0.2, 0.25) is 11.7 Å². The second-order valence-corrected chi connectivity index (χ2v) is 5.19. The number of hydrogen-bond acceptors (Lipinski definition) is 6. The molecule has 1 aromatic carbocycles. The van der Waals surface area contributed by atoms with Gasteiger partial charge >= 0.3 is 0 Å². The lowest BCUT2D eigenvalue weighted by Gasteiger charge is -2.08. The molecule has 23 heavy (non-hydrogen) atoms. The van der Waals surface area contributed by atoms with E-state index in [4.69, 9.17) is 16.1 Å². The molecule has 2 aromatic heterocycles. The van der Waals surface area contributed by atoms with Gasteiger partial charge in [0, 0.05) is 23.0 Å². The van der Waals surface area contributed by atoms with E-state index in [0.29, 0.717) is 16.7 Å². The van der Waals surface area contributed by atoms with E-state index in [9.17, 15) is 4.79 Å². The minimum Gasteiger partial charge on any atom is -0.339 e. The summed E-state index contributed by atoms with van der Waals surface area (Å²) in [6, 6.07) is 6.61. The van der Waals surface area contributed by atoms with Gasteiger partial charge in [0.15, 0.2) is 0 Å². The summed E-state index contributed by atoms with van der Waals surface area (Å²) in [6.45, 7) is 1.74. The van der Waals surface area contributed by atoms with E-state index in [-0.39, 0.29) is 11.6 Å². The second kappa shape index (κ2) is 6.53. The molecule has 0 spiro atoms. The number of carbonyl (C=O) groups excluding carboxylic acids is 1. The Hall–Kier alpha value is -2.80. The molecule has 2 heterocycles. The number of benzene rings is 1. The van der Waals surface area contributed by atoms with Crippen LogP contribution in [-0.4, -0.2) is 26.0 Å². The molecule has 8 heteroatoms. The topological polar surface area (TPSA) is 93.8 Å². The first-order chi connectivity index (χ1) is 11.1. The molecule has 0 unspecified atom stereocenters. The van der Waals surface area contributed by atoms with Crippen LogP contribution in [0.15, 0.2) is 47.4 Å². The molecule has 0 radical (unpaired) electrons. The van der Waals surface area contributed by atoms with Crippen LogP contribution in [0.25, 0.3) is 11.4 Å². The van der Waals surface area contributed by atoms with Crippen LogP contribution in [0.3, 0.4) is 0 Å². The van der Waals surface area contributed by atoms with E-state index in [1.54, 1.807) is 31.2 Å². The predicted molar refractivity (Wildman–Crippen MR) is 82.7 cm³/mol. The normalized spacial score (nSPS) is 11.9. The maximum absolute atomic E-state index is 12.0. The standard InChI is InChI=1S/C15H12ClN5O2/c1-9(19-14(22)12-8-17-6-7-18-12)15-20-13(21-23-15)10-2-4-11(16)5-3-10/h2-9H,1H3,(H,19,22)/t9-/m1/s1. The molecule has 0 aliphatic heterocycles. The third-order valence-electron chi connectivity index (χ3n) is 3.06. The zero-order valence-corrected chi connectivity index (χ0v) is 12.9. The van der Waals surface area contributed by atoms with Crippen molar-refractivity contribution in [2.75, 3.05) is 0 Å². The van der Waals surface area contributed by atoms with E-state index in [1.807, 2.05) is 0 Å². The molecule has 0 bridgehead atoms. The van der Waals surface area contributed by atoms with Gasteiger partial charge in [0.05, 0.1) is 6.20 Å². The van der Waals surface area contributed by atoms with E-state index in [1.165, 1.54) is 18.6 Å². The second-order valence-electron chi connectivity index (χ2n) is 4.75. The highest BCUT2D eigenvalue weighted by Gasteiger charge is 2.18. The van der Waals surface area contributed by atoms with Gasteiger partial charge in [-0.25, -0.2) is 4.98 Å². The highest BCUT2D eigenvalue weighted by Crippen LogP contribution is 2.20. The van der Waals surface area contributed by atoms with Crippen LogP contribution in [0.5, 0.6) is 0 Å². The Labute approximate surface area is 136 Å². The smallest absolute Gasteiger partial charge is 0.272 e. The minimum atomic E-state index is -0.460. The lowest BCUT2D eigenvalue weighted by atomic mass is 10.2. The van der Waals surface area contributed by atoms with Gasteiger partial charge in [-0.05, 0) is 31.2 Å². The Kier molecular flexibility index (Phi) is 4.29. The van der Waals surface area contributed by atoms with Crippen LogP contribution in [0, 0.1) is 0 Å². The number of rotatable bonds is 4. The Morgan fingerprint density at radius 1 is 1.26 bits per heavy atom. The van der Waals surface area contributed by atoms with Crippen molar-refractivity contribution in [2.24, 2.45) is 0 Å². The first kappa shape index (κ1) is 15.1. The summed E-state index contributed by atoms with van der Waals surface area (Å²) in [4.78, 5) is 24.1. The van der Waals surface area contributed by atoms with Gasteiger partial charge in [-0.15, -0.1) is 0 Å². The fourth-order valence-corrected chi connectivity index (χ4v) is 2.00. The monoisotopic (exact) mass is 329 g/mol. The van der Waals surface area contributed by atoms with Crippen LogP contribution in [-0.2, 0) is 0 Å². The molecule has 116 valence electrons. The number of hydrogen-bond donors (Lipinski definition) is 1. The van der Waals surface area contributed by atoms with Crippen molar-refractivity contribution in [3.8, 4) is 11.4 Å². The molecule has 0 saturated carbocycles. The van der Waals surface area contributed by atoms with Gasteiger partial charge in [-0.1, -0.05) is 16.8 Å². The molecular formula is C15H12ClN5O2. The Bertz CT molecular complexity index is 804. The SMILES string of the molecule is C[C@@H](NC(=O)c1cnccn1)c1nc(-c2ccc(Cl)cc2)no1. The molecule has 0 fully saturated rings. The Morgan fingerprint density at radius 2 is 2.04 bits per heavy atom. The fraction of sp³-hybridized carbons (Fsp3) is 0.133. The van der Waals surface area contributed by atoms with Crippen molar-refractivity contribution >= 4 is 17.5 Å². The number of nitrogens with zero attached hydrogens (tertiary/aromatic N) is 4. The summed E-state index contributed by atoms with van der Waals surface area (Å²) in [5, 5.41) is 7.26. The van der Waals surface area contributed by atoms with Crippen LogP contribution in [0.2, 0.25) is 5.02 Å². The molecule has 0 aliphatic rings. The van der Waals surface area contributed by atoms with Crippen molar-refractivity contribution in [3.05, 3.63) is 59.5 Å². The molecule has 1 amide bonds. The zero-order chi connectivity index (χ0) is 16.2. The van der Waals surface area contributed by atoms with Gasteiger partial charge in [-0.2, -0.15) is 4.98 Å². The van der Waals surface area contributed by atoms with Crippen LogP contribution < -0.4 is 5.32 Å². The van der Waals surface area contributed by atoms with E-state index >= 15 is 0 Å². The molecule has 7 nitrogen and oxygen atoms in total. The number of carbonyl (C=O) groups is 1. The first-order valence-corrected chi connectivity index (χ1v) is 7.17. The Balaban J connectivity index is 1.72. The fourth-order valence-electron chi connectivity index (χ4n) is 1.88. The maximum atomic E-state index is 12.0. The van der Waals surface area contributed by atoms with E-state index in [0.717, 1.165) is 5.56 Å². The highest BCUT2D eigenvalue weighted by atomic mass is 35.5. The first-order valence-electron chi connectivity index (χ1n) is 6.80. The number of nitrogens with one attached hydrogen (secondary N) is 1. The van der Waals surface area contributed by atoms with Crippen molar-refractivity contribution in [2.45, 2.75) is 13.0 Å². The molecule has 1 atom stereocenters. The maximum Gasteiger partial charge on any atom is 0.272 e. The largest absolute Gasteiger partial charge is 0.339 e. The predicted octanol–water partition coefficient (Wildman–Crippen LogP) is 2.67. The quantitative estimate of drug-likeness (QED) is 0.790. The minimum absolute atomic E-state index is 0.219. The summed E-state index contributed by atoms with van der Waals surface area (Å²) in [5.41, 5.74) is 0.994. The van der Waals surface area contributed by atoms with Crippen LogP contribution in [0.4, 0.5) is 0 Å². The Morgan fingerprint density at radius 3 is 2.74 bits per heavy atom. The molecular weight excluding hydrogens is 318 g/mol. The van der Waals surface area contributed by atoms with E-state index < -0.39 is 6.04 Å². The summed E-state index contributed by atoms with van der Waals surface area (Å²) in [5.74, 6) is 0.362. The van der Waals surface area contributed by atoms with Crippen molar-refractivity contribution in [1.29, 1.82) is 0 Å². The van der Waals surface area contributed by atoms with Gasteiger partial charge in [0.1, 0.15) is 11.7 Å². The summed E-state index contributed by atoms with van der Waals surface area (Å²) in [6.07, 6.45) is 4.33. The molecule has 3 aromatic rings. The average molecular weight is 330 g/mol. The van der Waals surface area contributed by atoms with Crippen LogP contribution in [0.1, 0.15) is 29.3 Å². The molecule has 1 N–H and O–H groups in total. The lowest BCUT2D eigenvalue weighted by molar-refractivity contribution is 0.0927. The summed E-state index contributed by atoms with van der Waals surface area (Å²) in [7, 11) is 0. The number of halogens is 1.